The first-order valence-electron chi connectivity index (χ1n) is 7.48. The molecule has 0 bridgehead atoms. The van der Waals surface area contributed by atoms with Crippen LogP contribution < -0.4 is 11.1 Å². The van der Waals surface area contributed by atoms with Crippen molar-refractivity contribution in [2.75, 3.05) is 6.54 Å². The minimum atomic E-state index is 0.401. The van der Waals surface area contributed by atoms with Gasteiger partial charge in [0.2, 0.25) is 0 Å². The first-order chi connectivity index (χ1) is 8.90. The Bertz CT molecular complexity index is 331. The van der Waals surface area contributed by atoms with Crippen LogP contribution >= 0.6 is 0 Å². The number of hydrogen-bond donors (Lipinski definition) is 2. The summed E-state index contributed by atoms with van der Waals surface area (Å²) >= 11 is 0. The van der Waals surface area contributed by atoms with E-state index >= 15 is 0 Å². The summed E-state index contributed by atoms with van der Waals surface area (Å²) in [5.41, 5.74) is 5.83. The molecule has 2 aliphatic heterocycles. The Morgan fingerprint density at radius 1 is 1.17 bits per heavy atom. The summed E-state index contributed by atoms with van der Waals surface area (Å²) in [5, 5.41) is 3.83. The van der Waals surface area contributed by atoms with Gasteiger partial charge in [0.05, 0.1) is 6.17 Å². The number of allylic oxidation sites excluding steroid dienone is 2. The molecule has 3 heteroatoms. The smallest absolute Gasteiger partial charge is 0.0991 e. The third kappa shape index (κ3) is 2.21. The minimum absolute atomic E-state index is 0.401. The normalized spacial score (nSPS) is 36.1. The fourth-order valence-electron chi connectivity index (χ4n) is 3.91. The Morgan fingerprint density at radius 2 is 2.00 bits per heavy atom. The zero-order chi connectivity index (χ0) is 12.4. The lowest BCUT2D eigenvalue weighted by Gasteiger charge is -2.33. The van der Waals surface area contributed by atoms with Crippen molar-refractivity contribution >= 4 is 0 Å². The molecule has 1 saturated heterocycles. The molecule has 3 N–H and O–H groups in total. The van der Waals surface area contributed by atoms with Crippen molar-refractivity contribution in [2.45, 2.75) is 56.8 Å². The average Bonchev–Trinajstić information content (AvgIpc) is 2.80. The summed E-state index contributed by atoms with van der Waals surface area (Å²) in [4.78, 5) is 2.48. The highest BCUT2D eigenvalue weighted by Crippen LogP contribution is 2.34. The molecule has 2 fully saturated rings. The zero-order valence-corrected chi connectivity index (χ0v) is 11.1. The van der Waals surface area contributed by atoms with Crippen LogP contribution in [0.4, 0.5) is 0 Å². The number of hydrogen-bond acceptors (Lipinski definition) is 3. The van der Waals surface area contributed by atoms with E-state index in [9.17, 15) is 0 Å². The van der Waals surface area contributed by atoms with E-state index in [1.54, 1.807) is 0 Å². The molecule has 0 spiro atoms. The molecule has 3 nitrogen and oxygen atoms in total. The van der Waals surface area contributed by atoms with Gasteiger partial charge in [0.1, 0.15) is 0 Å². The molecule has 1 saturated carbocycles. The van der Waals surface area contributed by atoms with Gasteiger partial charge in [0, 0.05) is 18.3 Å². The summed E-state index contributed by atoms with van der Waals surface area (Å²) in [5.74, 6) is 0.850. The molecule has 0 aromatic heterocycles. The SMILES string of the molecule is NCCC1C(C2CCCCC2)NC2C=CC=CN21. The van der Waals surface area contributed by atoms with Crippen LogP contribution in [0.1, 0.15) is 38.5 Å². The van der Waals surface area contributed by atoms with Crippen molar-refractivity contribution < 1.29 is 0 Å². The van der Waals surface area contributed by atoms with Crippen LogP contribution in [0.15, 0.2) is 24.4 Å². The maximum atomic E-state index is 5.83. The number of fused-ring (bicyclic) bond motifs is 1. The summed E-state index contributed by atoms with van der Waals surface area (Å²) in [6, 6.07) is 1.22. The summed E-state index contributed by atoms with van der Waals surface area (Å²) < 4.78 is 0. The van der Waals surface area contributed by atoms with Gasteiger partial charge in [-0.2, -0.15) is 0 Å². The predicted molar refractivity (Wildman–Crippen MR) is 74.9 cm³/mol. The second kappa shape index (κ2) is 5.45. The van der Waals surface area contributed by atoms with Gasteiger partial charge in [0.15, 0.2) is 0 Å². The highest BCUT2D eigenvalue weighted by atomic mass is 15.4. The molecule has 0 aromatic rings. The molecule has 3 rings (SSSR count). The molecular formula is C15H25N3. The lowest BCUT2D eigenvalue weighted by atomic mass is 9.81. The largest absolute Gasteiger partial charge is 0.354 e. The Kier molecular flexibility index (Phi) is 3.71. The quantitative estimate of drug-likeness (QED) is 0.801. The van der Waals surface area contributed by atoms with Gasteiger partial charge in [-0.05, 0) is 43.9 Å². The molecular weight excluding hydrogens is 222 g/mol. The molecule has 0 radical (unpaired) electrons. The maximum absolute atomic E-state index is 5.83. The van der Waals surface area contributed by atoms with Crippen molar-refractivity contribution in [3.8, 4) is 0 Å². The van der Waals surface area contributed by atoms with Gasteiger partial charge in [-0.15, -0.1) is 0 Å². The Hall–Kier alpha value is -0.800. The highest BCUT2D eigenvalue weighted by Gasteiger charge is 2.41. The van der Waals surface area contributed by atoms with Gasteiger partial charge in [0.25, 0.3) is 0 Å². The lowest BCUT2D eigenvalue weighted by Crippen LogP contribution is -2.42. The van der Waals surface area contributed by atoms with Crippen LogP contribution in [-0.4, -0.2) is 29.7 Å². The Morgan fingerprint density at radius 3 is 2.78 bits per heavy atom. The van der Waals surface area contributed by atoms with Gasteiger partial charge in [-0.1, -0.05) is 25.3 Å². The number of nitrogens with zero attached hydrogens (tertiary/aromatic N) is 1. The van der Waals surface area contributed by atoms with Crippen molar-refractivity contribution in [3.63, 3.8) is 0 Å². The monoisotopic (exact) mass is 247 g/mol. The fourth-order valence-corrected chi connectivity index (χ4v) is 3.91. The first kappa shape index (κ1) is 12.2. The van der Waals surface area contributed by atoms with E-state index in [1.165, 1.54) is 32.1 Å². The molecule has 2 heterocycles. The molecule has 0 aromatic carbocycles. The first-order valence-corrected chi connectivity index (χ1v) is 7.48. The number of nitrogens with two attached hydrogens (primary N) is 1. The molecule has 18 heavy (non-hydrogen) atoms. The molecule has 3 aliphatic rings. The van der Waals surface area contributed by atoms with E-state index in [2.05, 4.69) is 34.6 Å². The van der Waals surface area contributed by atoms with Crippen LogP contribution in [0, 0.1) is 5.92 Å². The third-order valence-corrected chi connectivity index (χ3v) is 4.76. The minimum Gasteiger partial charge on any atom is -0.354 e. The molecule has 3 unspecified atom stereocenters. The van der Waals surface area contributed by atoms with Crippen LogP contribution in [0.5, 0.6) is 0 Å². The maximum Gasteiger partial charge on any atom is 0.0991 e. The summed E-state index contributed by atoms with van der Waals surface area (Å²) in [7, 11) is 0. The standard InChI is InChI=1S/C15H25N3/c16-10-9-13-15(12-6-2-1-3-7-12)17-14-8-4-5-11-18(13)14/h4-5,8,11-15,17H,1-3,6-7,9-10,16H2. The van der Waals surface area contributed by atoms with Crippen molar-refractivity contribution in [2.24, 2.45) is 11.7 Å². The van der Waals surface area contributed by atoms with Gasteiger partial charge in [-0.3, -0.25) is 5.32 Å². The van der Waals surface area contributed by atoms with Gasteiger partial charge < -0.3 is 10.6 Å². The van der Waals surface area contributed by atoms with E-state index in [0.717, 1.165) is 18.9 Å². The molecule has 3 atom stereocenters. The predicted octanol–water partition coefficient (Wildman–Crippen LogP) is 1.97. The Balaban J connectivity index is 1.75. The number of nitrogens with one attached hydrogen (secondary N) is 1. The third-order valence-electron chi connectivity index (χ3n) is 4.76. The summed E-state index contributed by atoms with van der Waals surface area (Å²) in [6.45, 7) is 0.788. The zero-order valence-electron chi connectivity index (χ0n) is 11.1. The number of rotatable bonds is 3. The fraction of sp³-hybridized carbons (Fsp3) is 0.733. The average molecular weight is 247 g/mol. The van der Waals surface area contributed by atoms with Crippen LogP contribution in [-0.2, 0) is 0 Å². The van der Waals surface area contributed by atoms with Gasteiger partial charge >= 0.3 is 0 Å². The van der Waals surface area contributed by atoms with E-state index < -0.39 is 0 Å². The molecule has 1 aliphatic carbocycles. The lowest BCUT2D eigenvalue weighted by molar-refractivity contribution is 0.227. The highest BCUT2D eigenvalue weighted by molar-refractivity contribution is 5.18. The van der Waals surface area contributed by atoms with E-state index in [0.29, 0.717) is 18.2 Å². The van der Waals surface area contributed by atoms with E-state index in [-0.39, 0.29) is 0 Å². The van der Waals surface area contributed by atoms with E-state index in [4.69, 9.17) is 5.73 Å². The van der Waals surface area contributed by atoms with E-state index in [1.807, 2.05) is 0 Å². The van der Waals surface area contributed by atoms with Crippen LogP contribution in [0.2, 0.25) is 0 Å². The summed E-state index contributed by atoms with van der Waals surface area (Å²) in [6.07, 6.45) is 17.3. The van der Waals surface area contributed by atoms with Crippen molar-refractivity contribution in [3.05, 3.63) is 24.4 Å². The topological polar surface area (TPSA) is 41.3 Å². The van der Waals surface area contributed by atoms with Crippen molar-refractivity contribution in [1.29, 1.82) is 0 Å². The Labute approximate surface area is 110 Å². The van der Waals surface area contributed by atoms with Crippen LogP contribution in [0.3, 0.4) is 0 Å². The van der Waals surface area contributed by atoms with Crippen LogP contribution in [0.25, 0.3) is 0 Å². The second-order valence-electron chi connectivity index (χ2n) is 5.85. The second-order valence-corrected chi connectivity index (χ2v) is 5.85. The van der Waals surface area contributed by atoms with Crippen molar-refractivity contribution in [1.82, 2.24) is 10.2 Å². The van der Waals surface area contributed by atoms with Gasteiger partial charge in [-0.25, -0.2) is 0 Å². The molecule has 0 amide bonds. The molecule has 100 valence electrons.